The highest BCUT2D eigenvalue weighted by Gasteiger charge is 2.05. The first-order valence-electron chi connectivity index (χ1n) is 6.87. The highest BCUT2D eigenvalue weighted by atomic mass is 35.5. The van der Waals surface area contributed by atoms with Crippen molar-refractivity contribution < 1.29 is 4.79 Å². The number of anilines is 1. The Hall–Kier alpha value is -1.84. The molecule has 0 aromatic heterocycles. The average molecular weight is 303 g/mol. The number of hydrogen-bond donors (Lipinski definition) is 2. The van der Waals surface area contributed by atoms with Gasteiger partial charge in [-0.2, -0.15) is 0 Å². The van der Waals surface area contributed by atoms with E-state index in [9.17, 15) is 4.79 Å². The monoisotopic (exact) mass is 302 g/mol. The number of halogens is 1. The van der Waals surface area contributed by atoms with Crippen LogP contribution in [-0.4, -0.2) is 12.5 Å². The summed E-state index contributed by atoms with van der Waals surface area (Å²) in [6, 6.07) is 13.6. The molecule has 0 unspecified atom stereocenters. The third-order valence-electron chi connectivity index (χ3n) is 3.34. The van der Waals surface area contributed by atoms with Crippen molar-refractivity contribution in [1.29, 1.82) is 0 Å². The fraction of sp³-hybridized carbons (Fsp3) is 0.235. The Morgan fingerprint density at radius 1 is 1.10 bits per heavy atom. The quantitative estimate of drug-likeness (QED) is 0.884. The van der Waals surface area contributed by atoms with E-state index in [1.54, 1.807) is 6.07 Å². The fourth-order valence-electron chi connectivity index (χ4n) is 2.04. The first kappa shape index (κ1) is 15.5. The topological polar surface area (TPSA) is 41.1 Å². The summed E-state index contributed by atoms with van der Waals surface area (Å²) < 4.78 is 0. The number of aryl methyl sites for hydroxylation is 2. The van der Waals surface area contributed by atoms with Gasteiger partial charge in [0, 0.05) is 17.3 Å². The van der Waals surface area contributed by atoms with Gasteiger partial charge in [0.2, 0.25) is 5.91 Å². The maximum Gasteiger partial charge on any atom is 0.238 e. The molecule has 0 heterocycles. The molecular formula is C17H19ClN2O. The fourth-order valence-corrected chi connectivity index (χ4v) is 2.21. The Balaban J connectivity index is 1.85. The van der Waals surface area contributed by atoms with Crippen LogP contribution in [0.5, 0.6) is 0 Å². The molecule has 2 N–H and O–H groups in total. The van der Waals surface area contributed by atoms with E-state index >= 15 is 0 Å². The number of nitrogens with one attached hydrogen (secondary N) is 2. The zero-order valence-electron chi connectivity index (χ0n) is 12.2. The molecule has 2 aromatic carbocycles. The molecule has 0 saturated carbocycles. The molecule has 21 heavy (non-hydrogen) atoms. The van der Waals surface area contributed by atoms with E-state index in [1.165, 1.54) is 11.1 Å². The molecule has 2 rings (SSSR count). The maximum atomic E-state index is 11.9. The Labute approximate surface area is 130 Å². The molecule has 4 heteroatoms. The van der Waals surface area contributed by atoms with Crippen LogP contribution in [0.3, 0.4) is 0 Å². The highest BCUT2D eigenvalue weighted by Crippen LogP contribution is 2.19. The highest BCUT2D eigenvalue weighted by molar-refractivity contribution is 6.31. The van der Waals surface area contributed by atoms with Gasteiger partial charge in [-0.1, -0.05) is 41.9 Å². The van der Waals surface area contributed by atoms with Crippen molar-refractivity contribution in [3.63, 3.8) is 0 Å². The molecule has 110 valence electrons. The second-order valence-electron chi connectivity index (χ2n) is 5.04. The SMILES string of the molecule is Cc1ccccc1CNCC(=O)Nc1cc(Cl)ccc1C. The Kier molecular flexibility index (Phi) is 5.37. The first-order valence-corrected chi connectivity index (χ1v) is 7.25. The van der Waals surface area contributed by atoms with Crippen LogP contribution in [0.4, 0.5) is 5.69 Å². The Morgan fingerprint density at radius 3 is 2.62 bits per heavy atom. The van der Waals surface area contributed by atoms with Gasteiger partial charge in [-0.05, 0) is 42.7 Å². The van der Waals surface area contributed by atoms with Crippen LogP contribution in [0.1, 0.15) is 16.7 Å². The van der Waals surface area contributed by atoms with Crippen LogP contribution in [0, 0.1) is 13.8 Å². The third-order valence-corrected chi connectivity index (χ3v) is 3.57. The van der Waals surface area contributed by atoms with Gasteiger partial charge >= 0.3 is 0 Å². The van der Waals surface area contributed by atoms with Crippen molar-refractivity contribution in [1.82, 2.24) is 5.32 Å². The lowest BCUT2D eigenvalue weighted by Gasteiger charge is -2.10. The van der Waals surface area contributed by atoms with Crippen LogP contribution in [-0.2, 0) is 11.3 Å². The summed E-state index contributed by atoms with van der Waals surface area (Å²) in [6.07, 6.45) is 0. The molecule has 1 amide bonds. The van der Waals surface area contributed by atoms with E-state index in [0.717, 1.165) is 11.3 Å². The number of carbonyl (C=O) groups excluding carboxylic acids is 1. The van der Waals surface area contributed by atoms with Gasteiger partial charge in [-0.3, -0.25) is 4.79 Å². The molecule has 2 aromatic rings. The normalized spacial score (nSPS) is 10.4. The van der Waals surface area contributed by atoms with Crippen LogP contribution in [0.15, 0.2) is 42.5 Å². The summed E-state index contributed by atoms with van der Waals surface area (Å²) in [7, 11) is 0. The molecule has 0 radical (unpaired) electrons. The zero-order valence-corrected chi connectivity index (χ0v) is 13.0. The predicted octanol–water partition coefficient (Wildman–Crippen LogP) is 3.69. The van der Waals surface area contributed by atoms with E-state index in [2.05, 4.69) is 29.7 Å². The molecule has 0 aliphatic heterocycles. The number of rotatable bonds is 5. The standard InChI is InChI=1S/C17H19ClN2O/c1-12-5-3-4-6-14(12)10-19-11-17(21)20-16-9-15(18)8-7-13(16)2/h3-9,19H,10-11H2,1-2H3,(H,20,21). The minimum Gasteiger partial charge on any atom is -0.325 e. The summed E-state index contributed by atoms with van der Waals surface area (Å²) in [5, 5.41) is 6.63. The van der Waals surface area contributed by atoms with Crippen LogP contribution in [0.2, 0.25) is 5.02 Å². The van der Waals surface area contributed by atoms with Gasteiger partial charge in [0.05, 0.1) is 6.54 Å². The molecule has 0 bridgehead atoms. The van der Waals surface area contributed by atoms with Gasteiger partial charge in [0.25, 0.3) is 0 Å². The van der Waals surface area contributed by atoms with Crippen molar-refractivity contribution in [2.24, 2.45) is 0 Å². The summed E-state index contributed by atoms with van der Waals surface area (Å²) in [5.41, 5.74) is 4.16. The number of amides is 1. The molecule has 3 nitrogen and oxygen atoms in total. The third kappa shape index (κ3) is 4.59. The maximum absolute atomic E-state index is 11.9. The number of benzene rings is 2. The minimum absolute atomic E-state index is 0.0750. The van der Waals surface area contributed by atoms with Gasteiger partial charge < -0.3 is 10.6 Å². The van der Waals surface area contributed by atoms with Gasteiger partial charge in [-0.15, -0.1) is 0 Å². The van der Waals surface area contributed by atoms with Crippen molar-refractivity contribution in [2.45, 2.75) is 20.4 Å². The Morgan fingerprint density at radius 2 is 1.86 bits per heavy atom. The average Bonchev–Trinajstić information content (AvgIpc) is 2.45. The summed E-state index contributed by atoms with van der Waals surface area (Å²) in [6.45, 7) is 4.94. The minimum atomic E-state index is -0.0750. The molecule has 0 atom stereocenters. The summed E-state index contributed by atoms with van der Waals surface area (Å²) in [5.74, 6) is -0.0750. The van der Waals surface area contributed by atoms with E-state index in [4.69, 9.17) is 11.6 Å². The van der Waals surface area contributed by atoms with Crippen molar-refractivity contribution in [3.8, 4) is 0 Å². The second kappa shape index (κ2) is 7.25. The van der Waals surface area contributed by atoms with Gasteiger partial charge in [-0.25, -0.2) is 0 Å². The Bertz CT molecular complexity index is 640. The second-order valence-corrected chi connectivity index (χ2v) is 5.47. The number of hydrogen-bond acceptors (Lipinski definition) is 2. The van der Waals surface area contributed by atoms with Crippen molar-refractivity contribution in [3.05, 3.63) is 64.2 Å². The van der Waals surface area contributed by atoms with E-state index in [0.29, 0.717) is 11.6 Å². The van der Waals surface area contributed by atoms with Crippen LogP contribution >= 0.6 is 11.6 Å². The zero-order chi connectivity index (χ0) is 15.2. The van der Waals surface area contributed by atoms with Gasteiger partial charge in [0.1, 0.15) is 0 Å². The number of carbonyl (C=O) groups is 1. The first-order chi connectivity index (χ1) is 10.1. The summed E-state index contributed by atoms with van der Waals surface area (Å²) >= 11 is 5.94. The predicted molar refractivity (Wildman–Crippen MR) is 87.7 cm³/mol. The molecule has 0 fully saturated rings. The molecule has 0 saturated heterocycles. The smallest absolute Gasteiger partial charge is 0.238 e. The lowest BCUT2D eigenvalue weighted by Crippen LogP contribution is -2.28. The van der Waals surface area contributed by atoms with E-state index < -0.39 is 0 Å². The molecule has 0 spiro atoms. The van der Waals surface area contributed by atoms with Crippen molar-refractivity contribution >= 4 is 23.2 Å². The lowest BCUT2D eigenvalue weighted by atomic mass is 10.1. The summed E-state index contributed by atoms with van der Waals surface area (Å²) in [4.78, 5) is 11.9. The molecule has 0 aliphatic rings. The van der Waals surface area contributed by atoms with Gasteiger partial charge in [0.15, 0.2) is 0 Å². The van der Waals surface area contributed by atoms with E-state index in [1.807, 2.05) is 31.2 Å². The van der Waals surface area contributed by atoms with E-state index in [-0.39, 0.29) is 12.5 Å². The molecule has 0 aliphatic carbocycles. The van der Waals surface area contributed by atoms with Crippen molar-refractivity contribution in [2.75, 3.05) is 11.9 Å². The largest absolute Gasteiger partial charge is 0.325 e. The van der Waals surface area contributed by atoms with Crippen LogP contribution in [0.25, 0.3) is 0 Å². The molecular weight excluding hydrogens is 284 g/mol. The van der Waals surface area contributed by atoms with Crippen LogP contribution < -0.4 is 10.6 Å². The lowest BCUT2D eigenvalue weighted by molar-refractivity contribution is -0.115.